The summed E-state index contributed by atoms with van der Waals surface area (Å²) < 4.78 is 1.91. The van der Waals surface area contributed by atoms with Crippen molar-refractivity contribution in [1.82, 2.24) is 15.1 Å². The number of hydrogen-bond acceptors (Lipinski definition) is 2. The Morgan fingerprint density at radius 1 is 1.42 bits per heavy atom. The van der Waals surface area contributed by atoms with E-state index in [1.807, 2.05) is 17.9 Å². The molecule has 2 fully saturated rings. The molecule has 1 aromatic rings. The van der Waals surface area contributed by atoms with Gasteiger partial charge in [0.25, 0.3) is 0 Å². The number of aromatic nitrogens is 2. The van der Waals surface area contributed by atoms with Gasteiger partial charge in [-0.1, -0.05) is 13.3 Å². The summed E-state index contributed by atoms with van der Waals surface area (Å²) in [6, 6.07) is 0.746. The fourth-order valence-corrected chi connectivity index (χ4v) is 4.16. The van der Waals surface area contributed by atoms with E-state index in [1.54, 1.807) is 0 Å². The molecule has 0 aliphatic heterocycles. The van der Waals surface area contributed by atoms with Crippen molar-refractivity contribution in [2.24, 2.45) is 24.8 Å². The Labute approximate surface area is 116 Å². The monoisotopic (exact) mass is 261 g/mol. The molecule has 3 unspecified atom stereocenters. The highest BCUT2D eigenvalue weighted by atomic mass is 15.2. The topological polar surface area (TPSA) is 29.9 Å². The summed E-state index contributed by atoms with van der Waals surface area (Å²) >= 11 is 0. The summed E-state index contributed by atoms with van der Waals surface area (Å²) in [5.41, 5.74) is 1.39. The third kappa shape index (κ3) is 2.86. The first-order valence-corrected chi connectivity index (χ1v) is 8.00. The van der Waals surface area contributed by atoms with E-state index in [2.05, 4.69) is 23.5 Å². The summed E-state index contributed by atoms with van der Waals surface area (Å²) in [7, 11) is 2.00. The van der Waals surface area contributed by atoms with Crippen LogP contribution in [0.4, 0.5) is 0 Å². The molecule has 106 valence electrons. The normalized spacial score (nSPS) is 30.3. The largest absolute Gasteiger partial charge is 0.314 e. The van der Waals surface area contributed by atoms with Gasteiger partial charge in [-0.3, -0.25) is 4.68 Å². The second-order valence-corrected chi connectivity index (χ2v) is 6.46. The Balaban J connectivity index is 1.54. The van der Waals surface area contributed by atoms with Crippen LogP contribution in [0.15, 0.2) is 12.4 Å². The van der Waals surface area contributed by atoms with Gasteiger partial charge in [0.15, 0.2) is 0 Å². The highest BCUT2D eigenvalue weighted by molar-refractivity contribution is 5.09. The van der Waals surface area contributed by atoms with Crippen LogP contribution in [0.25, 0.3) is 0 Å². The molecular formula is C16H27N3. The highest BCUT2D eigenvalue weighted by Crippen LogP contribution is 2.59. The second kappa shape index (κ2) is 5.66. The SMILES string of the molecule is CCCNC(CCc1cnn(C)c1)C1C2CCCC21. The van der Waals surface area contributed by atoms with Gasteiger partial charge in [0.1, 0.15) is 0 Å². The molecule has 1 N–H and O–H groups in total. The molecule has 2 aliphatic rings. The van der Waals surface area contributed by atoms with Crippen LogP contribution in [0.5, 0.6) is 0 Å². The molecule has 19 heavy (non-hydrogen) atoms. The van der Waals surface area contributed by atoms with Crippen molar-refractivity contribution < 1.29 is 0 Å². The fraction of sp³-hybridized carbons (Fsp3) is 0.812. The molecule has 0 saturated heterocycles. The van der Waals surface area contributed by atoms with Crippen LogP contribution in [0, 0.1) is 17.8 Å². The number of aryl methyl sites for hydroxylation is 2. The second-order valence-electron chi connectivity index (χ2n) is 6.46. The minimum atomic E-state index is 0.746. The minimum Gasteiger partial charge on any atom is -0.314 e. The van der Waals surface area contributed by atoms with Crippen LogP contribution >= 0.6 is 0 Å². The molecule has 0 radical (unpaired) electrons. The summed E-state index contributed by atoms with van der Waals surface area (Å²) in [5.74, 6) is 3.10. The van der Waals surface area contributed by atoms with E-state index >= 15 is 0 Å². The third-order valence-corrected chi connectivity index (χ3v) is 5.10. The Hall–Kier alpha value is -0.830. The first-order valence-electron chi connectivity index (χ1n) is 8.00. The predicted octanol–water partition coefficient (Wildman–Crippen LogP) is 2.77. The molecule has 0 amide bonds. The van der Waals surface area contributed by atoms with E-state index in [1.165, 1.54) is 50.6 Å². The summed E-state index contributed by atoms with van der Waals surface area (Å²) in [6.07, 6.45) is 12.3. The lowest BCUT2D eigenvalue weighted by Gasteiger charge is -2.20. The Morgan fingerprint density at radius 2 is 2.21 bits per heavy atom. The maximum absolute atomic E-state index is 4.27. The minimum absolute atomic E-state index is 0.746. The van der Waals surface area contributed by atoms with Gasteiger partial charge >= 0.3 is 0 Å². The van der Waals surface area contributed by atoms with Gasteiger partial charge in [-0.2, -0.15) is 5.10 Å². The fourth-order valence-electron chi connectivity index (χ4n) is 4.16. The number of hydrogen-bond donors (Lipinski definition) is 1. The van der Waals surface area contributed by atoms with Crippen LogP contribution in [-0.4, -0.2) is 22.4 Å². The Morgan fingerprint density at radius 3 is 2.84 bits per heavy atom. The van der Waals surface area contributed by atoms with Crippen LogP contribution in [0.3, 0.4) is 0 Å². The molecule has 1 heterocycles. The first-order chi connectivity index (χ1) is 9.29. The zero-order valence-electron chi connectivity index (χ0n) is 12.3. The molecule has 0 spiro atoms. The molecule has 0 bridgehead atoms. The van der Waals surface area contributed by atoms with Gasteiger partial charge in [0.2, 0.25) is 0 Å². The summed E-state index contributed by atoms with van der Waals surface area (Å²) in [4.78, 5) is 0. The van der Waals surface area contributed by atoms with Crippen molar-refractivity contribution in [2.75, 3.05) is 6.54 Å². The maximum Gasteiger partial charge on any atom is 0.0521 e. The Kier molecular flexibility index (Phi) is 3.92. The smallest absolute Gasteiger partial charge is 0.0521 e. The molecule has 2 saturated carbocycles. The molecule has 2 aliphatic carbocycles. The van der Waals surface area contributed by atoms with Crippen LogP contribution < -0.4 is 5.32 Å². The van der Waals surface area contributed by atoms with Gasteiger partial charge < -0.3 is 5.32 Å². The zero-order valence-corrected chi connectivity index (χ0v) is 12.3. The number of nitrogens with one attached hydrogen (secondary N) is 1. The van der Waals surface area contributed by atoms with Crippen molar-refractivity contribution in [2.45, 2.75) is 51.5 Å². The van der Waals surface area contributed by atoms with E-state index in [0.717, 1.165) is 23.8 Å². The molecule has 3 rings (SSSR count). The first kappa shape index (κ1) is 13.2. The van der Waals surface area contributed by atoms with Gasteiger partial charge in [0, 0.05) is 19.3 Å². The van der Waals surface area contributed by atoms with Crippen molar-refractivity contribution in [3.63, 3.8) is 0 Å². The van der Waals surface area contributed by atoms with Crippen molar-refractivity contribution in [3.8, 4) is 0 Å². The van der Waals surface area contributed by atoms with Gasteiger partial charge in [-0.25, -0.2) is 0 Å². The Bertz CT molecular complexity index is 402. The number of fused-ring (bicyclic) bond motifs is 1. The summed E-state index contributed by atoms with van der Waals surface area (Å²) in [5, 5.41) is 8.08. The molecule has 3 atom stereocenters. The summed E-state index contributed by atoms with van der Waals surface area (Å²) in [6.45, 7) is 3.44. The lowest BCUT2D eigenvalue weighted by Crippen LogP contribution is -2.33. The lowest BCUT2D eigenvalue weighted by atomic mass is 9.98. The van der Waals surface area contributed by atoms with Crippen LogP contribution in [0.2, 0.25) is 0 Å². The van der Waals surface area contributed by atoms with Crippen molar-refractivity contribution in [1.29, 1.82) is 0 Å². The van der Waals surface area contributed by atoms with E-state index in [-0.39, 0.29) is 0 Å². The number of rotatable bonds is 7. The molecule has 0 aromatic carbocycles. The number of nitrogens with zero attached hydrogens (tertiary/aromatic N) is 2. The molecule has 3 heteroatoms. The van der Waals surface area contributed by atoms with E-state index < -0.39 is 0 Å². The van der Waals surface area contributed by atoms with Gasteiger partial charge in [-0.15, -0.1) is 0 Å². The van der Waals surface area contributed by atoms with E-state index in [0.29, 0.717) is 0 Å². The average molecular weight is 261 g/mol. The van der Waals surface area contributed by atoms with Crippen LogP contribution in [-0.2, 0) is 13.5 Å². The third-order valence-electron chi connectivity index (χ3n) is 5.10. The quantitative estimate of drug-likeness (QED) is 0.818. The highest BCUT2D eigenvalue weighted by Gasteiger charge is 2.55. The van der Waals surface area contributed by atoms with E-state index in [4.69, 9.17) is 0 Å². The van der Waals surface area contributed by atoms with Crippen LogP contribution in [0.1, 0.15) is 44.6 Å². The standard InChI is InChI=1S/C16H27N3/c1-3-9-17-15(16-13-5-4-6-14(13)16)8-7-12-10-18-19(2)11-12/h10-11,13-17H,3-9H2,1-2H3. The average Bonchev–Trinajstić information content (AvgIpc) is 2.80. The lowest BCUT2D eigenvalue weighted by molar-refractivity contribution is 0.385. The van der Waals surface area contributed by atoms with Gasteiger partial charge in [-0.05, 0) is 62.0 Å². The molecule has 1 aromatic heterocycles. The van der Waals surface area contributed by atoms with Gasteiger partial charge in [0.05, 0.1) is 6.20 Å². The zero-order chi connectivity index (χ0) is 13.2. The van der Waals surface area contributed by atoms with E-state index in [9.17, 15) is 0 Å². The maximum atomic E-state index is 4.27. The predicted molar refractivity (Wildman–Crippen MR) is 77.9 cm³/mol. The van der Waals surface area contributed by atoms with Crippen molar-refractivity contribution in [3.05, 3.63) is 18.0 Å². The molecular weight excluding hydrogens is 234 g/mol. The molecule has 3 nitrogen and oxygen atoms in total. The van der Waals surface area contributed by atoms with Crippen molar-refractivity contribution >= 4 is 0 Å².